The molecule has 1 aromatic heterocycles. The van der Waals surface area contributed by atoms with Crippen molar-refractivity contribution in [2.75, 3.05) is 6.54 Å². The van der Waals surface area contributed by atoms with Crippen LogP contribution in [0.5, 0.6) is 0 Å². The van der Waals surface area contributed by atoms with Gasteiger partial charge in [-0.25, -0.2) is 0 Å². The van der Waals surface area contributed by atoms with Crippen molar-refractivity contribution in [1.82, 2.24) is 25.0 Å². The third-order valence-electron chi connectivity index (χ3n) is 4.26. The Hall–Kier alpha value is -2.70. The van der Waals surface area contributed by atoms with Crippen molar-refractivity contribution in [2.45, 2.75) is 33.0 Å². The molecule has 0 spiro atoms. The molecule has 1 fully saturated rings. The van der Waals surface area contributed by atoms with Gasteiger partial charge in [0, 0.05) is 26.1 Å². The highest BCUT2D eigenvalue weighted by atomic mass is 16.2. The number of aryl methyl sites for hydroxylation is 1. The Labute approximate surface area is 140 Å². The van der Waals surface area contributed by atoms with Crippen molar-refractivity contribution in [3.63, 3.8) is 0 Å². The Morgan fingerprint density at radius 1 is 1.33 bits per heavy atom. The van der Waals surface area contributed by atoms with Crippen molar-refractivity contribution in [3.8, 4) is 0 Å². The molecule has 7 heteroatoms. The van der Waals surface area contributed by atoms with Crippen LogP contribution < -0.4 is 5.32 Å². The second kappa shape index (κ2) is 7.25. The van der Waals surface area contributed by atoms with Crippen LogP contribution in [0.4, 0.5) is 0 Å². The summed E-state index contributed by atoms with van der Waals surface area (Å²) < 4.78 is 1.88. The van der Waals surface area contributed by atoms with Gasteiger partial charge in [0.2, 0.25) is 11.8 Å². The van der Waals surface area contributed by atoms with E-state index < -0.39 is 0 Å². The fraction of sp³-hybridized carbons (Fsp3) is 0.412. The Morgan fingerprint density at radius 3 is 2.88 bits per heavy atom. The monoisotopic (exact) mass is 327 g/mol. The fourth-order valence-corrected chi connectivity index (χ4v) is 2.89. The molecule has 0 bridgehead atoms. The van der Waals surface area contributed by atoms with Gasteiger partial charge < -0.3 is 14.8 Å². The summed E-state index contributed by atoms with van der Waals surface area (Å²) >= 11 is 0. The number of nitrogens with zero attached hydrogens (tertiary/aromatic N) is 4. The van der Waals surface area contributed by atoms with Gasteiger partial charge in [-0.05, 0) is 12.5 Å². The number of aromatic nitrogens is 3. The SMILES string of the molecule is CCn1cnnc1CNC(=O)[C@@H]1CC(=O)N(Cc2ccccc2)C1. The third-order valence-corrected chi connectivity index (χ3v) is 4.26. The molecule has 1 aliphatic heterocycles. The smallest absolute Gasteiger partial charge is 0.225 e. The van der Waals surface area contributed by atoms with E-state index in [1.807, 2.05) is 41.8 Å². The van der Waals surface area contributed by atoms with Gasteiger partial charge in [-0.2, -0.15) is 0 Å². The number of nitrogens with one attached hydrogen (secondary N) is 1. The molecule has 2 amide bonds. The van der Waals surface area contributed by atoms with E-state index in [0.29, 0.717) is 19.6 Å². The van der Waals surface area contributed by atoms with Crippen molar-refractivity contribution >= 4 is 11.8 Å². The number of carbonyl (C=O) groups is 2. The van der Waals surface area contributed by atoms with Crippen LogP contribution in [-0.2, 0) is 29.2 Å². The molecule has 0 radical (unpaired) electrons. The summed E-state index contributed by atoms with van der Waals surface area (Å²) in [6.45, 7) is 4.08. The van der Waals surface area contributed by atoms with Crippen LogP contribution in [0.25, 0.3) is 0 Å². The molecule has 0 unspecified atom stereocenters. The summed E-state index contributed by atoms with van der Waals surface area (Å²) in [5.74, 6) is 0.329. The minimum absolute atomic E-state index is 0.0238. The average Bonchev–Trinajstić information content (AvgIpc) is 3.20. The highest BCUT2D eigenvalue weighted by molar-refractivity contribution is 5.89. The first-order valence-corrected chi connectivity index (χ1v) is 8.13. The molecule has 2 aromatic rings. The van der Waals surface area contributed by atoms with Gasteiger partial charge in [0.15, 0.2) is 5.82 Å². The van der Waals surface area contributed by atoms with Gasteiger partial charge in [-0.3, -0.25) is 9.59 Å². The zero-order valence-electron chi connectivity index (χ0n) is 13.7. The second-order valence-electron chi connectivity index (χ2n) is 5.91. The van der Waals surface area contributed by atoms with Gasteiger partial charge in [0.05, 0.1) is 12.5 Å². The van der Waals surface area contributed by atoms with Gasteiger partial charge in [0.1, 0.15) is 6.33 Å². The molecule has 1 aromatic carbocycles. The molecule has 2 heterocycles. The van der Waals surface area contributed by atoms with Crippen molar-refractivity contribution < 1.29 is 9.59 Å². The Morgan fingerprint density at radius 2 is 2.12 bits per heavy atom. The first-order chi connectivity index (χ1) is 11.7. The number of amides is 2. The van der Waals surface area contributed by atoms with Crippen LogP contribution in [0.15, 0.2) is 36.7 Å². The molecule has 7 nitrogen and oxygen atoms in total. The molecule has 126 valence electrons. The second-order valence-corrected chi connectivity index (χ2v) is 5.91. The lowest BCUT2D eigenvalue weighted by Crippen LogP contribution is -2.33. The van der Waals surface area contributed by atoms with Crippen LogP contribution in [-0.4, -0.2) is 38.0 Å². The fourth-order valence-electron chi connectivity index (χ4n) is 2.89. The molecule has 1 saturated heterocycles. The van der Waals surface area contributed by atoms with Crippen LogP contribution >= 0.6 is 0 Å². The van der Waals surface area contributed by atoms with Crippen LogP contribution in [0.3, 0.4) is 0 Å². The molecule has 24 heavy (non-hydrogen) atoms. The first kappa shape index (κ1) is 16.2. The zero-order valence-corrected chi connectivity index (χ0v) is 13.7. The molecule has 1 N–H and O–H groups in total. The topological polar surface area (TPSA) is 80.1 Å². The summed E-state index contributed by atoms with van der Waals surface area (Å²) in [5, 5.41) is 10.7. The summed E-state index contributed by atoms with van der Waals surface area (Å²) in [6.07, 6.45) is 1.90. The number of hydrogen-bond donors (Lipinski definition) is 1. The van der Waals surface area contributed by atoms with Gasteiger partial charge in [0.25, 0.3) is 0 Å². The van der Waals surface area contributed by atoms with Crippen LogP contribution in [0.1, 0.15) is 24.7 Å². The Balaban J connectivity index is 1.54. The molecular weight excluding hydrogens is 306 g/mol. The summed E-state index contributed by atoms with van der Waals surface area (Å²) in [7, 11) is 0. The van der Waals surface area contributed by atoms with Crippen LogP contribution in [0, 0.1) is 5.92 Å². The minimum Gasteiger partial charge on any atom is -0.348 e. The van der Waals surface area contributed by atoms with E-state index in [-0.39, 0.29) is 24.2 Å². The van der Waals surface area contributed by atoms with E-state index >= 15 is 0 Å². The number of likely N-dealkylation sites (tertiary alicyclic amines) is 1. The van der Waals surface area contributed by atoms with Gasteiger partial charge in [-0.15, -0.1) is 10.2 Å². The number of benzene rings is 1. The Bertz CT molecular complexity index is 713. The summed E-state index contributed by atoms with van der Waals surface area (Å²) in [5.41, 5.74) is 1.07. The summed E-state index contributed by atoms with van der Waals surface area (Å²) in [6, 6.07) is 9.81. The first-order valence-electron chi connectivity index (χ1n) is 8.13. The van der Waals surface area contributed by atoms with E-state index in [1.54, 1.807) is 11.2 Å². The standard InChI is InChI=1S/C17H21N5O2/c1-2-21-12-19-20-15(21)9-18-17(24)14-8-16(23)22(11-14)10-13-6-4-3-5-7-13/h3-7,12,14H,2,8-11H2,1H3,(H,18,24)/t14-/m1/s1. The molecule has 1 atom stereocenters. The summed E-state index contributed by atoms with van der Waals surface area (Å²) in [4.78, 5) is 26.2. The highest BCUT2D eigenvalue weighted by Crippen LogP contribution is 2.20. The lowest BCUT2D eigenvalue weighted by Gasteiger charge is -2.16. The molecule has 0 aliphatic carbocycles. The number of rotatable bonds is 6. The van der Waals surface area contributed by atoms with E-state index in [4.69, 9.17) is 0 Å². The Kier molecular flexibility index (Phi) is 4.88. The molecule has 1 aliphatic rings. The number of hydrogen-bond acceptors (Lipinski definition) is 4. The molecule has 0 saturated carbocycles. The quantitative estimate of drug-likeness (QED) is 0.857. The third kappa shape index (κ3) is 3.61. The predicted octanol–water partition coefficient (Wildman–Crippen LogP) is 0.963. The van der Waals surface area contributed by atoms with E-state index in [0.717, 1.165) is 17.9 Å². The zero-order chi connectivity index (χ0) is 16.9. The highest BCUT2D eigenvalue weighted by Gasteiger charge is 2.34. The maximum atomic E-state index is 12.3. The maximum Gasteiger partial charge on any atom is 0.225 e. The van der Waals surface area contributed by atoms with E-state index in [1.165, 1.54) is 0 Å². The average molecular weight is 327 g/mol. The predicted molar refractivity (Wildman–Crippen MR) is 87.5 cm³/mol. The van der Waals surface area contributed by atoms with Crippen molar-refractivity contribution in [1.29, 1.82) is 0 Å². The van der Waals surface area contributed by atoms with Crippen molar-refractivity contribution in [3.05, 3.63) is 48.0 Å². The van der Waals surface area contributed by atoms with Gasteiger partial charge >= 0.3 is 0 Å². The van der Waals surface area contributed by atoms with Crippen molar-refractivity contribution in [2.24, 2.45) is 5.92 Å². The largest absolute Gasteiger partial charge is 0.348 e. The lowest BCUT2D eigenvalue weighted by atomic mass is 10.1. The number of carbonyl (C=O) groups excluding carboxylic acids is 2. The molecular formula is C17H21N5O2. The maximum absolute atomic E-state index is 12.3. The van der Waals surface area contributed by atoms with Gasteiger partial charge in [-0.1, -0.05) is 30.3 Å². The van der Waals surface area contributed by atoms with Crippen LogP contribution in [0.2, 0.25) is 0 Å². The van der Waals surface area contributed by atoms with E-state index in [9.17, 15) is 9.59 Å². The molecule has 3 rings (SSSR count). The van der Waals surface area contributed by atoms with E-state index in [2.05, 4.69) is 15.5 Å². The minimum atomic E-state index is -0.306. The normalized spacial score (nSPS) is 17.3. The lowest BCUT2D eigenvalue weighted by molar-refractivity contribution is -0.129.